The van der Waals surface area contributed by atoms with E-state index in [-0.39, 0.29) is 6.10 Å². The van der Waals surface area contributed by atoms with Crippen LogP contribution < -0.4 is 10.5 Å². The number of hydrogen-bond acceptors (Lipinski definition) is 4. The van der Waals surface area contributed by atoms with Crippen LogP contribution in [0.25, 0.3) is 0 Å². The Morgan fingerprint density at radius 2 is 2.00 bits per heavy atom. The summed E-state index contributed by atoms with van der Waals surface area (Å²) in [6.45, 7) is 0. The molecule has 18 heavy (non-hydrogen) atoms. The highest BCUT2D eigenvalue weighted by atomic mass is 16.5. The summed E-state index contributed by atoms with van der Waals surface area (Å²) >= 11 is 0. The van der Waals surface area contributed by atoms with Crippen molar-refractivity contribution in [2.75, 3.05) is 5.73 Å². The number of fused-ring (bicyclic) bond motifs is 1. The Labute approximate surface area is 106 Å². The first-order valence-electron chi connectivity index (χ1n) is 6.15. The van der Waals surface area contributed by atoms with Gasteiger partial charge in [-0.2, -0.15) is 0 Å². The summed E-state index contributed by atoms with van der Waals surface area (Å²) in [7, 11) is 0. The minimum Gasteiger partial charge on any atom is -0.467 e. The Morgan fingerprint density at radius 3 is 2.89 bits per heavy atom. The number of nitrogens with two attached hydrogens (primary N) is 1. The van der Waals surface area contributed by atoms with Gasteiger partial charge in [0.1, 0.15) is 6.10 Å². The maximum atomic E-state index is 5.91. The van der Waals surface area contributed by atoms with E-state index in [4.69, 9.17) is 10.5 Å². The van der Waals surface area contributed by atoms with Crippen molar-refractivity contribution in [2.45, 2.75) is 25.4 Å². The summed E-state index contributed by atoms with van der Waals surface area (Å²) in [6.07, 6.45) is 6.44. The third kappa shape index (κ3) is 2.01. The summed E-state index contributed by atoms with van der Waals surface area (Å²) in [6, 6.07) is 8.38. The molecule has 1 aliphatic rings. The molecular weight excluding hydrogens is 226 g/mol. The summed E-state index contributed by atoms with van der Waals surface area (Å²) in [5.41, 5.74) is 8.36. The van der Waals surface area contributed by atoms with Crippen LogP contribution in [0.5, 0.6) is 5.88 Å². The first kappa shape index (κ1) is 11.0. The Bertz CT molecular complexity index is 556. The van der Waals surface area contributed by atoms with Crippen molar-refractivity contribution in [3.8, 4) is 5.88 Å². The fraction of sp³-hybridized carbons (Fsp3) is 0.286. The molecule has 1 unspecified atom stereocenters. The molecule has 0 saturated heterocycles. The first-order valence-corrected chi connectivity index (χ1v) is 6.15. The Kier molecular flexibility index (Phi) is 2.84. The van der Waals surface area contributed by atoms with Gasteiger partial charge in [-0.15, -0.1) is 0 Å². The number of nitrogen functional groups attached to an aromatic ring is 1. The lowest BCUT2D eigenvalue weighted by molar-refractivity contribution is 0.176. The van der Waals surface area contributed by atoms with Crippen molar-refractivity contribution in [1.29, 1.82) is 0 Å². The van der Waals surface area contributed by atoms with Crippen molar-refractivity contribution < 1.29 is 4.74 Å². The number of anilines is 1. The maximum absolute atomic E-state index is 5.91. The Hall–Kier alpha value is -2.10. The number of rotatable bonds is 2. The lowest BCUT2D eigenvalue weighted by Crippen LogP contribution is -2.16. The zero-order valence-electron chi connectivity index (χ0n) is 10.0. The first-order chi connectivity index (χ1) is 8.84. The van der Waals surface area contributed by atoms with E-state index in [9.17, 15) is 0 Å². The summed E-state index contributed by atoms with van der Waals surface area (Å²) in [4.78, 5) is 8.13. The molecule has 3 rings (SSSR count). The minimum absolute atomic E-state index is 0.0361. The highest BCUT2D eigenvalue weighted by Gasteiger charge is 2.22. The molecule has 0 radical (unpaired) electrons. The van der Waals surface area contributed by atoms with Gasteiger partial charge in [-0.3, -0.25) is 0 Å². The van der Waals surface area contributed by atoms with Gasteiger partial charge in [0.2, 0.25) is 0 Å². The van der Waals surface area contributed by atoms with Gasteiger partial charge in [0.05, 0.1) is 0 Å². The molecule has 0 amide bonds. The Morgan fingerprint density at radius 1 is 1.17 bits per heavy atom. The van der Waals surface area contributed by atoms with Crippen LogP contribution in [0.4, 0.5) is 5.82 Å². The van der Waals surface area contributed by atoms with Gasteiger partial charge in [0.15, 0.2) is 5.82 Å². The number of aromatic nitrogens is 2. The van der Waals surface area contributed by atoms with E-state index in [1.165, 1.54) is 11.1 Å². The maximum Gasteiger partial charge on any atom is 0.257 e. The summed E-state index contributed by atoms with van der Waals surface area (Å²) in [5, 5.41) is 0. The van der Waals surface area contributed by atoms with Gasteiger partial charge in [-0.05, 0) is 30.4 Å². The van der Waals surface area contributed by atoms with E-state index >= 15 is 0 Å². The smallest absolute Gasteiger partial charge is 0.257 e. The minimum atomic E-state index is 0.0361. The molecular formula is C14H15N3O. The third-order valence-corrected chi connectivity index (χ3v) is 3.26. The van der Waals surface area contributed by atoms with E-state index < -0.39 is 0 Å². The van der Waals surface area contributed by atoms with Crippen molar-refractivity contribution in [3.05, 3.63) is 47.8 Å². The van der Waals surface area contributed by atoms with E-state index in [1.807, 2.05) is 6.07 Å². The van der Waals surface area contributed by atoms with Crippen LogP contribution in [-0.2, 0) is 6.42 Å². The second-order valence-electron chi connectivity index (χ2n) is 4.44. The monoisotopic (exact) mass is 241 g/mol. The lowest BCUT2D eigenvalue weighted by Gasteiger charge is -2.25. The predicted octanol–water partition coefficient (Wildman–Crippen LogP) is 2.52. The number of benzene rings is 1. The number of aryl methyl sites for hydroxylation is 1. The standard InChI is InChI=1S/C14H15N3O/c15-13-14(17-9-8-16-13)18-12-7-3-5-10-4-1-2-6-11(10)12/h1-2,4,6,8-9,12H,3,5,7H2,(H2,15,16). The van der Waals surface area contributed by atoms with Crippen LogP contribution in [0.15, 0.2) is 36.7 Å². The van der Waals surface area contributed by atoms with Gasteiger partial charge in [0, 0.05) is 12.4 Å². The molecule has 4 heteroatoms. The molecule has 0 spiro atoms. The van der Waals surface area contributed by atoms with Crippen LogP contribution in [0.3, 0.4) is 0 Å². The highest BCUT2D eigenvalue weighted by Crippen LogP contribution is 2.33. The van der Waals surface area contributed by atoms with Crippen molar-refractivity contribution in [2.24, 2.45) is 0 Å². The molecule has 2 N–H and O–H groups in total. The molecule has 1 aromatic carbocycles. The average molecular weight is 241 g/mol. The van der Waals surface area contributed by atoms with Gasteiger partial charge in [-0.25, -0.2) is 9.97 Å². The molecule has 4 nitrogen and oxygen atoms in total. The Balaban J connectivity index is 1.89. The van der Waals surface area contributed by atoms with Crippen molar-refractivity contribution >= 4 is 5.82 Å². The summed E-state index contributed by atoms with van der Waals surface area (Å²) in [5.74, 6) is 0.778. The third-order valence-electron chi connectivity index (χ3n) is 3.26. The molecule has 1 atom stereocenters. The number of hydrogen-bond donors (Lipinski definition) is 1. The molecule has 0 fully saturated rings. The van der Waals surface area contributed by atoms with Crippen LogP contribution in [0.1, 0.15) is 30.1 Å². The molecule has 0 bridgehead atoms. The van der Waals surface area contributed by atoms with Crippen LogP contribution in [-0.4, -0.2) is 9.97 Å². The lowest BCUT2D eigenvalue weighted by atomic mass is 9.89. The highest BCUT2D eigenvalue weighted by molar-refractivity contribution is 5.40. The molecule has 2 aromatic rings. The SMILES string of the molecule is Nc1nccnc1OC1CCCc2ccccc21. The van der Waals surface area contributed by atoms with E-state index in [0.29, 0.717) is 11.7 Å². The number of nitrogens with zero attached hydrogens (tertiary/aromatic N) is 2. The van der Waals surface area contributed by atoms with E-state index in [0.717, 1.165) is 19.3 Å². The fourth-order valence-corrected chi connectivity index (χ4v) is 2.39. The zero-order chi connectivity index (χ0) is 12.4. The topological polar surface area (TPSA) is 61.0 Å². The fourth-order valence-electron chi connectivity index (χ4n) is 2.39. The second-order valence-corrected chi connectivity index (χ2v) is 4.44. The molecule has 1 aliphatic carbocycles. The number of ether oxygens (including phenoxy) is 1. The van der Waals surface area contributed by atoms with Crippen molar-refractivity contribution in [1.82, 2.24) is 9.97 Å². The van der Waals surface area contributed by atoms with E-state index in [2.05, 4.69) is 28.2 Å². The quantitative estimate of drug-likeness (QED) is 0.877. The van der Waals surface area contributed by atoms with Crippen LogP contribution in [0.2, 0.25) is 0 Å². The van der Waals surface area contributed by atoms with E-state index in [1.54, 1.807) is 12.4 Å². The van der Waals surface area contributed by atoms with Gasteiger partial charge in [0.25, 0.3) is 5.88 Å². The average Bonchev–Trinajstić information content (AvgIpc) is 2.42. The van der Waals surface area contributed by atoms with Crippen LogP contribution >= 0.6 is 0 Å². The van der Waals surface area contributed by atoms with Gasteiger partial charge in [-0.1, -0.05) is 24.3 Å². The predicted molar refractivity (Wildman–Crippen MR) is 69.2 cm³/mol. The zero-order valence-corrected chi connectivity index (χ0v) is 10.0. The van der Waals surface area contributed by atoms with Crippen molar-refractivity contribution in [3.63, 3.8) is 0 Å². The summed E-state index contributed by atoms with van der Waals surface area (Å²) < 4.78 is 5.91. The second kappa shape index (κ2) is 4.64. The van der Waals surface area contributed by atoms with Gasteiger partial charge < -0.3 is 10.5 Å². The van der Waals surface area contributed by atoms with Gasteiger partial charge >= 0.3 is 0 Å². The molecule has 0 aliphatic heterocycles. The molecule has 92 valence electrons. The molecule has 1 aromatic heterocycles. The molecule has 0 saturated carbocycles. The van der Waals surface area contributed by atoms with Crippen LogP contribution in [0, 0.1) is 0 Å². The largest absolute Gasteiger partial charge is 0.467 e. The molecule has 1 heterocycles. The normalized spacial score (nSPS) is 18.1.